The van der Waals surface area contributed by atoms with Crippen LogP contribution in [0.3, 0.4) is 0 Å². The van der Waals surface area contributed by atoms with Crippen molar-refractivity contribution >= 4 is 28.9 Å². The molecular weight excluding hydrogens is 281 g/mol. The van der Waals surface area contributed by atoms with Crippen LogP contribution in [0.5, 0.6) is 0 Å². The zero-order valence-corrected chi connectivity index (χ0v) is 14.5. The number of hydrogen-bond donors (Lipinski definition) is 1. The fraction of sp³-hybridized carbons (Fsp3) is 1.00. The van der Waals surface area contributed by atoms with E-state index in [4.69, 9.17) is 27.9 Å². The molecule has 0 aliphatic heterocycles. The molecule has 0 rings (SSSR count). The summed E-state index contributed by atoms with van der Waals surface area (Å²) in [5.74, 6) is 0. The number of hydrogen-bond acceptors (Lipinski definition) is 1. The number of unbranched alkanes of at least 4 members (excludes halogenated alkanes) is 10. The van der Waals surface area contributed by atoms with Gasteiger partial charge in [-0.25, -0.2) is 0 Å². The van der Waals surface area contributed by atoms with Crippen molar-refractivity contribution in [3.8, 4) is 0 Å². The molecule has 0 heterocycles. The van der Waals surface area contributed by atoms with Crippen molar-refractivity contribution < 1.29 is 0 Å². The van der Waals surface area contributed by atoms with E-state index in [0.717, 1.165) is 12.6 Å². The summed E-state index contributed by atoms with van der Waals surface area (Å²) >= 11 is 12.1. The summed E-state index contributed by atoms with van der Waals surface area (Å²) < 4.78 is 0. The van der Waals surface area contributed by atoms with Crippen molar-refractivity contribution in [3.05, 3.63) is 0 Å². The predicted molar refractivity (Wildman–Crippen MR) is 88.0 cm³/mol. The molecule has 0 atom stereocenters. The van der Waals surface area contributed by atoms with E-state index in [-0.39, 0.29) is 0 Å². The molecule has 0 saturated carbocycles. The smallest absolute Gasteiger partial charge is 0.248 e. The SMILES string of the molecule is C[Si](Cl)(Cl)CCCCCCCCCCCCCN. The molecule has 4 heteroatoms. The molecule has 0 bridgehead atoms. The quantitative estimate of drug-likeness (QED) is 0.260. The molecule has 0 spiro atoms. The molecule has 1 nitrogen and oxygen atoms in total. The summed E-state index contributed by atoms with van der Waals surface area (Å²) in [6, 6.07) is 1.05. The first-order chi connectivity index (χ1) is 8.56. The average molecular weight is 312 g/mol. The van der Waals surface area contributed by atoms with Gasteiger partial charge in [0.25, 0.3) is 0 Å². The molecule has 18 heavy (non-hydrogen) atoms. The highest BCUT2D eigenvalue weighted by molar-refractivity contribution is 7.44. The summed E-state index contributed by atoms with van der Waals surface area (Å²) in [5, 5.41) is 0. The molecule has 0 aliphatic rings. The topological polar surface area (TPSA) is 26.0 Å². The van der Waals surface area contributed by atoms with Gasteiger partial charge in [0, 0.05) is 0 Å². The second-order valence-electron chi connectivity index (χ2n) is 5.50. The van der Waals surface area contributed by atoms with Crippen LogP contribution in [0.15, 0.2) is 0 Å². The summed E-state index contributed by atoms with van der Waals surface area (Å²) in [6.45, 7) is 1.05. The Bertz CT molecular complexity index is 172. The van der Waals surface area contributed by atoms with Crippen LogP contribution in [0.4, 0.5) is 0 Å². The van der Waals surface area contributed by atoms with E-state index in [1.807, 2.05) is 6.55 Å². The summed E-state index contributed by atoms with van der Waals surface area (Å²) in [5.41, 5.74) is 5.46. The molecular formula is C14H31Cl2NSi. The summed E-state index contributed by atoms with van der Waals surface area (Å²) in [4.78, 5) is 0. The van der Waals surface area contributed by atoms with E-state index < -0.39 is 6.69 Å². The third-order valence-corrected chi connectivity index (χ3v) is 5.69. The van der Waals surface area contributed by atoms with E-state index >= 15 is 0 Å². The molecule has 110 valence electrons. The lowest BCUT2D eigenvalue weighted by molar-refractivity contribution is 0.551. The normalized spacial score (nSPS) is 12.0. The molecule has 0 amide bonds. The van der Waals surface area contributed by atoms with Crippen molar-refractivity contribution in [1.82, 2.24) is 0 Å². The Hall–Kier alpha value is 0.757. The Balaban J connectivity index is 2.99. The van der Waals surface area contributed by atoms with Gasteiger partial charge in [-0.1, -0.05) is 64.2 Å². The highest BCUT2D eigenvalue weighted by Crippen LogP contribution is 2.23. The molecule has 0 fully saturated rings. The second kappa shape index (κ2) is 12.8. The molecule has 0 aromatic heterocycles. The zero-order chi connectivity index (χ0) is 13.7. The fourth-order valence-corrected chi connectivity index (χ4v) is 3.84. The van der Waals surface area contributed by atoms with Crippen molar-refractivity contribution in [2.24, 2.45) is 5.73 Å². The maximum atomic E-state index is 6.06. The molecule has 0 aromatic rings. The fourth-order valence-electron chi connectivity index (χ4n) is 2.17. The minimum absolute atomic E-state index is 0.854. The van der Waals surface area contributed by atoms with Crippen LogP contribution >= 0.6 is 22.2 Å². The van der Waals surface area contributed by atoms with Gasteiger partial charge in [0.05, 0.1) is 0 Å². The monoisotopic (exact) mass is 311 g/mol. The molecule has 2 N–H and O–H groups in total. The van der Waals surface area contributed by atoms with E-state index in [1.165, 1.54) is 70.6 Å². The Morgan fingerprint density at radius 2 is 1.00 bits per heavy atom. The van der Waals surface area contributed by atoms with Gasteiger partial charge in [0.2, 0.25) is 6.69 Å². The molecule has 0 saturated heterocycles. The minimum Gasteiger partial charge on any atom is -0.330 e. The predicted octanol–water partition coefficient (Wildman–Crippen LogP) is 5.79. The van der Waals surface area contributed by atoms with Crippen LogP contribution in [-0.2, 0) is 0 Å². The molecule has 0 radical (unpaired) electrons. The van der Waals surface area contributed by atoms with Crippen molar-refractivity contribution in [1.29, 1.82) is 0 Å². The maximum Gasteiger partial charge on any atom is 0.248 e. The first kappa shape index (κ1) is 18.8. The third kappa shape index (κ3) is 16.8. The van der Waals surface area contributed by atoms with Gasteiger partial charge in [-0.3, -0.25) is 0 Å². The maximum absolute atomic E-state index is 6.06. The number of nitrogens with two attached hydrogens (primary N) is 1. The van der Waals surface area contributed by atoms with Crippen LogP contribution in [-0.4, -0.2) is 13.2 Å². The van der Waals surface area contributed by atoms with E-state index in [1.54, 1.807) is 0 Å². The van der Waals surface area contributed by atoms with Gasteiger partial charge in [-0.05, 0) is 25.6 Å². The first-order valence-corrected chi connectivity index (χ1v) is 12.4. The molecule has 0 unspecified atom stereocenters. The lowest BCUT2D eigenvalue weighted by Gasteiger charge is -2.09. The number of rotatable bonds is 13. The van der Waals surface area contributed by atoms with Crippen LogP contribution in [0.2, 0.25) is 12.6 Å². The summed E-state index contributed by atoms with van der Waals surface area (Å²) in [7, 11) is 0. The largest absolute Gasteiger partial charge is 0.330 e. The van der Waals surface area contributed by atoms with Crippen LogP contribution in [0.1, 0.15) is 70.6 Å². The Kier molecular flexibility index (Phi) is 13.3. The third-order valence-electron chi connectivity index (χ3n) is 3.32. The Morgan fingerprint density at radius 3 is 1.33 bits per heavy atom. The zero-order valence-electron chi connectivity index (χ0n) is 12.0. The van der Waals surface area contributed by atoms with E-state index in [2.05, 4.69) is 0 Å². The Morgan fingerprint density at radius 1 is 0.667 bits per heavy atom. The van der Waals surface area contributed by atoms with Gasteiger partial charge in [0.1, 0.15) is 0 Å². The van der Waals surface area contributed by atoms with E-state index in [9.17, 15) is 0 Å². The van der Waals surface area contributed by atoms with Crippen molar-refractivity contribution in [3.63, 3.8) is 0 Å². The second-order valence-corrected chi connectivity index (χ2v) is 13.7. The highest BCUT2D eigenvalue weighted by Gasteiger charge is 2.19. The highest BCUT2D eigenvalue weighted by atomic mass is 35.7. The van der Waals surface area contributed by atoms with Gasteiger partial charge in [-0.15, -0.1) is 22.2 Å². The lowest BCUT2D eigenvalue weighted by Crippen LogP contribution is -2.11. The van der Waals surface area contributed by atoms with Crippen LogP contribution < -0.4 is 5.73 Å². The number of halogens is 2. The first-order valence-electron chi connectivity index (χ1n) is 7.64. The molecule has 0 aromatic carbocycles. The van der Waals surface area contributed by atoms with Crippen molar-refractivity contribution in [2.45, 2.75) is 83.2 Å². The van der Waals surface area contributed by atoms with Gasteiger partial charge >= 0.3 is 0 Å². The minimum atomic E-state index is -1.82. The molecule has 0 aliphatic carbocycles. The Labute approximate surface area is 124 Å². The van der Waals surface area contributed by atoms with Crippen LogP contribution in [0.25, 0.3) is 0 Å². The lowest BCUT2D eigenvalue weighted by atomic mass is 10.1. The van der Waals surface area contributed by atoms with Crippen molar-refractivity contribution in [2.75, 3.05) is 6.54 Å². The van der Waals surface area contributed by atoms with Gasteiger partial charge in [0.15, 0.2) is 0 Å². The van der Waals surface area contributed by atoms with Gasteiger partial charge in [-0.2, -0.15) is 0 Å². The summed E-state index contributed by atoms with van der Waals surface area (Å²) in [6.07, 6.45) is 14.7. The standard InChI is InChI=1S/C14H31Cl2NSi/c1-18(15,16)14-12-10-8-6-4-2-3-5-7-9-11-13-17/h2-14,17H2,1H3. The van der Waals surface area contributed by atoms with E-state index in [0.29, 0.717) is 0 Å². The van der Waals surface area contributed by atoms with Gasteiger partial charge < -0.3 is 5.73 Å². The van der Waals surface area contributed by atoms with Crippen LogP contribution in [0, 0.1) is 0 Å². The average Bonchev–Trinajstić information content (AvgIpc) is 2.29.